The van der Waals surface area contributed by atoms with Crippen molar-refractivity contribution in [3.05, 3.63) is 89.7 Å². The van der Waals surface area contributed by atoms with Gasteiger partial charge in [-0.05, 0) is 48.5 Å². The molecule has 0 aliphatic carbocycles. The lowest BCUT2D eigenvalue weighted by atomic mass is 10.2. The predicted molar refractivity (Wildman–Crippen MR) is 96.8 cm³/mol. The first-order valence-electron chi connectivity index (χ1n) is 7.28. The Bertz CT molecular complexity index is 830. The van der Waals surface area contributed by atoms with Crippen LogP contribution in [0.3, 0.4) is 0 Å². The van der Waals surface area contributed by atoms with Gasteiger partial charge in [0.25, 0.3) is 0 Å². The average Bonchev–Trinajstić information content (AvgIpc) is 2.64. The smallest absolute Gasteiger partial charge is 0.201 e. The second-order valence-corrected chi connectivity index (χ2v) is 5.27. The molecule has 118 valence electrons. The number of hydrazone groups is 1. The average molecular weight is 336 g/mol. The minimum Gasteiger partial charge on any atom is -0.275 e. The maximum atomic E-state index is 5.94. The van der Waals surface area contributed by atoms with Crippen LogP contribution in [-0.2, 0) is 0 Å². The molecule has 0 saturated heterocycles. The molecule has 24 heavy (non-hydrogen) atoms. The van der Waals surface area contributed by atoms with Gasteiger partial charge in [0.05, 0.1) is 17.6 Å². The van der Waals surface area contributed by atoms with Crippen molar-refractivity contribution in [2.45, 2.75) is 0 Å². The number of pyridine rings is 1. The summed E-state index contributed by atoms with van der Waals surface area (Å²) in [5.41, 5.74) is 5.25. The minimum absolute atomic E-state index is 0.444. The summed E-state index contributed by atoms with van der Waals surface area (Å²) >= 11 is 5.94. The van der Waals surface area contributed by atoms with Gasteiger partial charge in [0.15, 0.2) is 0 Å². The fraction of sp³-hybridized carbons (Fsp3) is 0. The number of halogens is 1. The molecule has 2 aromatic carbocycles. The van der Waals surface area contributed by atoms with Gasteiger partial charge >= 0.3 is 0 Å². The van der Waals surface area contributed by atoms with Gasteiger partial charge < -0.3 is 0 Å². The molecule has 0 spiro atoms. The van der Waals surface area contributed by atoms with Gasteiger partial charge in [0, 0.05) is 16.8 Å². The maximum absolute atomic E-state index is 5.94. The van der Waals surface area contributed by atoms with E-state index in [0.717, 1.165) is 16.9 Å². The summed E-state index contributed by atoms with van der Waals surface area (Å²) in [6.07, 6.45) is 3.38. The van der Waals surface area contributed by atoms with Crippen molar-refractivity contribution in [3.8, 4) is 0 Å². The van der Waals surface area contributed by atoms with Crippen molar-refractivity contribution >= 4 is 28.8 Å². The van der Waals surface area contributed by atoms with Gasteiger partial charge in [-0.2, -0.15) is 5.10 Å². The molecule has 3 rings (SSSR count). The molecule has 1 N–H and O–H groups in total. The third-order valence-corrected chi connectivity index (χ3v) is 3.32. The van der Waals surface area contributed by atoms with E-state index in [4.69, 9.17) is 11.6 Å². The number of hydrogen-bond donors (Lipinski definition) is 1. The van der Waals surface area contributed by atoms with Crippen LogP contribution in [0.4, 0.5) is 11.4 Å². The number of nitrogens with one attached hydrogen (secondary N) is 1. The molecule has 0 radical (unpaired) electrons. The first-order valence-corrected chi connectivity index (χ1v) is 7.65. The monoisotopic (exact) mass is 335 g/mol. The molecule has 0 amide bonds. The van der Waals surface area contributed by atoms with Crippen LogP contribution in [0.2, 0.25) is 5.02 Å². The van der Waals surface area contributed by atoms with E-state index >= 15 is 0 Å². The van der Waals surface area contributed by atoms with Crippen molar-refractivity contribution in [1.29, 1.82) is 0 Å². The molecule has 3 aromatic rings. The van der Waals surface area contributed by atoms with Gasteiger partial charge in [-0.25, -0.2) is 0 Å². The standard InChI is InChI=1S/C18H14ClN5/c19-15-10-8-14(9-11-15)18(23-21-16-5-2-1-3-6-16)24-22-17-7-4-12-20-13-17/h1-13,22H/b23-21+,24-18+. The van der Waals surface area contributed by atoms with Crippen LogP contribution < -0.4 is 5.43 Å². The van der Waals surface area contributed by atoms with E-state index < -0.39 is 0 Å². The molecular weight excluding hydrogens is 322 g/mol. The number of hydrogen-bond acceptors (Lipinski definition) is 4. The fourth-order valence-corrected chi connectivity index (χ4v) is 2.02. The van der Waals surface area contributed by atoms with E-state index in [-0.39, 0.29) is 0 Å². The molecule has 1 heterocycles. The Kier molecular flexibility index (Phi) is 5.27. The van der Waals surface area contributed by atoms with E-state index in [9.17, 15) is 0 Å². The van der Waals surface area contributed by atoms with E-state index in [1.807, 2.05) is 54.6 Å². The Hall–Kier alpha value is -3.05. The molecule has 5 nitrogen and oxygen atoms in total. The lowest BCUT2D eigenvalue weighted by Gasteiger charge is -2.03. The largest absolute Gasteiger partial charge is 0.275 e. The number of nitrogens with zero attached hydrogens (tertiary/aromatic N) is 4. The second kappa shape index (κ2) is 7.99. The summed E-state index contributed by atoms with van der Waals surface area (Å²) in [4.78, 5) is 4.04. The molecule has 0 bridgehead atoms. The molecule has 0 saturated carbocycles. The van der Waals surface area contributed by atoms with Crippen molar-refractivity contribution in [3.63, 3.8) is 0 Å². The highest BCUT2D eigenvalue weighted by Crippen LogP contribution is 2.15. The zero-order valence-corrected chi connectivity index (χ0v) is 13.4. The van der Waals surface area contributed by atoms with Crippen LogP contribution in [-0.4, -0.2) is 10.8 Å². The van der Waals surface area contributed by atoms with Gasteiger partial charge in [0.2, 0.25) is 5.84 Å². The summed E-state index contributed by atoms with van der Waals surface area (Å²) in [6.45, 7) is 0. The first-order chi connectivity index (χ1) is 11.8. The number of benzene rings is 2. The quantitative estimate of drug-likeness (QED) is 0.304. The highest BCUT2D eigenvalue weighted by molar-refractivity contribution is 6.30. The van der Waals surface area contributed by atoms with E-state index in [2.05, 4.69) is 25.7 Å². The molecule has 6 heteroatoms. The highest BCUT2D eigenvalue weighted by Gasteiger charge is 2.03. The Labute approximate surface area is 144 Å². The Morgan fingerprint density at radius 1 is 0.917 bits per heavy atom. The van der Waals surface area contributed by atoms with E-state index in [1.54, 1.807) is 24.5 Å². The molecule has 0 aliphatic rings. The van der Waals surface area contributed by atoms with Crippen molar-refractivity contribution < 1.29 is 0 Å². The van der Waals surface area contributed by atoms with Gasteiger partial charge in [-0.3, -0.25) is 10.4 Å². The highest BCUT2D eigenvalue weighted by atomic mass is 35.5. The van der Waals surface area contributed by atoms with Gasteiger partial charge in [-0.1, -0.05) is 29.8 Å². The van der Waals surface area contributed by atoms with Crippen LogP contribution in [0, 0.1) is 0 Å². The van der Waals surface area contributed by atoms with Crippen molar-refractivity contribution in [2.24, 2.45) is 15.3 Å². The third-order valence-electron chi connectivity index (χ3n) is 3.07. The summed E-state index contributed by atoms with van der Waals surface area (Å²) in [5, 5.41) is 13.5. The Morgan fingerprint density at radius 3 is 2.42 bits per heavy atom. The topological polar surface area (TPSA) is 62.0 Å². The maximum Gasteiger partial charge on any atom is 0.201 e. The number of azo groups is 1. The summed E-state index contributed by atoms with van der Waals surface area (Å²) in [6, 6.07) is 20.4. The molecule has 0 unspecified atom stereocenters. The zero-order chi connectivity index (χ0) is 16.6. The van der Waals surface area contributed by atoms with Crippen LogP contribution in [0.1, 0.15) is 5.56 Å². The van der Waals surface area contributed by atoms with Gasteiger partial charge in [0.1, 0.15) is 0 Å². The van der Waals surface area contributed by atoms with Gasteiger partial charge in [-0.15, -0.1) is 10.2 Å². The molecule has 0 fully saturated rings. The number of anilines is 1. The minimum atomic E-state index is 0.444. The Morgan fingerprint density at radius 2 is 1.71 bits per heavy atom. The predicted octanol–water partition coefficient (Wildman–Crippen LogP) is 5.29. The van der Waals surface area contributed by atoms with Crippen molar-refractivity contribution in [2.75, 3.05) is 5.43 Å². The zero-order valence-electron chi connectivity index (χ0n) is 12.7. The second-order valence-electron chi connectivity index (χ2n) is 4.83. The number of amidine groups is 1. The van der Waals surface area contributed by atoms with Crippen LogP contribution in [0.15, 0.2) is 94.5 Å². The molecule has 0 atom stereocenters. The number of aromatic nitrogens is 1. The molecule has 1 aromatic heterocycles. The SMILES string of the molecule is Clc1ccc(C(/N=N/c2ccccc2)=N\Nc2cccnc2)cc1. The van der Waals surface area contributed by atoms with E-state index in [0.29, 0.717) is 10.9 Å². The summed E-state index contributed by atoms with van der Waals surface area (Å²) in [5.74, 6) is 0.444. The normalized spacial score (nSPS) is 11.6. The summed E-state index contributed by atoms with van der Waals surface area (Å²) in [7, 11) is 0. The lowest BCUT2D eigenvalue weighted by molar-refractivity contribution is 1.21. The van der Waals surface area contributed by atoms with E-state index in [1.165, 1.54) is 0 Å². The van der Waals surface area contributed by atoms with Crippen LogP contribution >= 0.6 is 11.6 Å². The number of rotatable bonds is 4. The Balaban J connectivity index is 1.88. The molecular formula is C18H14ClN5. The molecule has 0 aliphatic heterocycles. The lowest BCUT2D eigenvalue weighted by Crippen LogP contribution is -2.01. The fourth-order valence-electron chi connectivity index (χ4n) is 1.89. The van der Waals surface area contributed by atoms with Crippen LogP contribution in [0.5, 0.6) is 0 Å². The third kappa shape index (κ3) is 4.47. The first kappa shape index (κ1) is 15.8. The van der Waals surface area contributed by atoms with Crippen LogP contribution in [0.25, 0.3) is 0 Å². The van der Waals surface area contributed by atoms with Crippen molar-refractivity contribution in [1.82, 2.24) is 4.98 Å². The summed E-state index contributed by atoms with van der Waals surface area (Å²) < 4.78 is 0.